The summed E-state index contributed by atoms with van der Waals surface area (Å²) in [5.74, 6) is 1.85. The number of rotatable bonds is 21. The van der Waals surface area contributed by atoms with Crippen LogP contribution >= 0.6 is 11.8 Å². The second-order valence-corrected chi connectivity index (χ2v) is 12.5. The molecule has 0 fully saturated rings. The lowest BCUT2D eigenvalue weighted by Gasteiger charge is -2.24. The Kier molecular flexibility index (Phi) is 19.6. The fourth-order valence-electron chi connectivity index (χ4n) is 3.05. The van der Waals surface area contributed by atoms with Crippen LogP contribution in [0.3, 0.4) is 0 Å². The summed E-state index contributed by atoms with van der Waals surface area (Å²) in [7, 11) is 2.44. The molecule has 0 N–H and O–H groups in total. The van der Waals surface area contributed by atoms with E-state index < -0.39 is 8.80 Å². The average molecular weight is 529 g/mol. The Bertz CT molecular complexity index is 694. The molecular weight excluding hydrogens is 484 g/mol. The van der Waals surface area contributed by atoms with Gasteiger partial charge < -0.3 is 22.8 Å². The maximum atomic E-state index is 11.5. The molecule has 0 saturated heterocycles. The summed E-state index contributed by atoms with van der Waals surface area (Å²) in [4.78, 5) is 22.9. The van der Waals surface area contributed by atoms with Crippen molar-refractivity contribution in [2.75, 3.05) is 46.0 Å². The van der Waals surface area contributed by atoms with Gasteiger partial charge >= 0.3 is 20.7 Å². The summed E-state index contributed by atoms with van der Waals surface area (Å²) >= 11 is 1.93. The zero-order valence-corrected chi connectivity index (χ0v) is 24.0. The minimum absolute atomic E-state index is 0.255. The number of hydrogen-bond donors (Lipinski definition) is 0. The predicted molar refractivity (Wildman–Crippen MR) is 145 cm³/mol. The molecule has 0 bridgehead atoms. The van der Waals surface area contributed by atoms with E-state index in [1.165, 1.54) is 0 Å². The first kappa shape index (κ1) is 33.3. The lowest BCUT2D eigenvalue weighted by Crippen LogP contribution is -2.42. The van der Waals surface area contributed by atoms with Gasteiger partial charge in [-0.2, -0.15) is 11.8 Å². The SMILES string of the molecule is C=C(C)C(=O)OC/C=C/CCC(C/C=C/COC(=O)C(=C)C)CCSCCC[Si](OC)(OC)OC. The third-order valence-electron chi connectivity index (χ3n) is 5.24. The van der Waals surface area contributed by atoms with Gasteiger partial charge in [-0.3, -0.25) is 0 Å². The van der Waals surface area contributed by atoms with Crippen molar-refractivity contribution in [1.82, 2.24) is 0 Å². The maximum absolute atomic E-state index is 11.5. The first-order valence-electron chi connectivity index (χ1n) is 11.9. The zero-order valence-electron chi connectivity index (χ0n) is 22.1. The van der Waals surface area contributed by atoms with Gasteiger partial charge in [0.1, 0.15) is 13.2 Å². The van der Waals surface area contributed by atoms with Crippen LogP contribution in [0.15, 0.2) is 48.6 Å². The lowest BCUT2D eigenvalue weighted by molar-refractivity contribution is -0.138. The second-order valence-electron chi connectivity index (χ2n) is 8.18. The number of carbonyl (C=O) groups excluding carboxylic acids is 2. The molecule has 0 amide bonds. The van der Waals surface area contributed by atoms with E-state index in [0.717, 1.165) is 49.7 Å². The van der Waals surface area contributed by atoms with E-state index in [1.807, 2.05) is 23.9 Å². The molecule has 0 aliphatic carbocycles. The quantitative estimate of drug-likeness (QED) is 0.0634. The number of ether oxygens (including phenoxy) is 2. The average Bonchev–Trinajstić information content (AvgIpc) is 2.84. The van der Waals surface area contributed by atoms with Crippen LogP contribution in [0.1, 0.15) is 46.0 Å². The van der Waals surface area contributed by atoms with Gasteiger partial charge in [0, 0.05) is 38.5 Å². The Balaban J connectivity index is 4.48. The number of allylic oxidation sites excluding steroid dienone is 2. The summed E-state index contributed by atoms with van der Waals surface area (Å²) < 4.78 is 26.6. The van der Waals surface area contributed by atoms with Crippen molar-refractivity contribution < 1.29 is 32.3 Å². The fraction of sp³-hybridized carbons (Fsp3) is 0.615. The van der Waals surface area contributed by atoms with Gasteiger partial charge in [0.2, 0.25) is 0 Å². The van der Waals surface area contributed by atoms with Crippen molar-refractivity contribution >= 4 is 32.5 Å². The topological polar surface area (TPSA) is 80.3 Å². The smallest absolute Gasteiger partial charge is 0.458 e. The molecule has 7 nitrogen and oxygen atoms in total. The molecule has 0 rings (SSSR count). The molecule has 35 heavy (non-hydrogen) atoms. The predicted octanol–water partition coefficient (Wildman–Crippen LogP) is 5.52. The Morgan fingerprint density at radius 3 is 1.89 bits per heavy atom. The van der Waals surface area contributed by atoms with E-state index in [-0.39, 0.29) is 25.2 Å². The highest BCUT2D eigenvalue weighted by molar-refractivity contribution is 7.99. The van der Waals surface area contributed by atoms with Gasteiger partial charge in [-0.15, -0.1) is 0 Å². The van der Waals surface area contributed by atoms with Crippen LogP contribution in [0.5, 0.6) is 0 Å². The summed E-state index contributed by atoms with van der Waals surface area (Å²) in [6.45, 7) is 10.9. The Labute approximate surface area is 217 Å². The Hall–Kier alpha value is -1.65. The molecule has 0 spiro atoms. The molecule has 0 heterocycles. The van der Waals surface area contributed by atoms with E-state index in [2.05, 4.69) is 25.3 Å². The van der Waals surface area contributed by atoms with Crippen molar-refractivity contribution in [3.8, 4) is 0 Å². The standard InChI is InChI=1S/C26H44O7SSi/c1-22(2)25(27)32-17-11-8-9-14-24(15-10-12-18-33-26(28)23(3)4)16-20-34-19-13-21-35(29-5,30-6)31-7/h8,10-12,24H,1,3,9,13-21H2,2,4-7H3/b11-8+,12-10+. The first-order chi connectivity index (χ1) is 16.7. The Morgan fingerprint density at radius 2 is 1.37 bits per heavy atom. The van der Waals surface area contributed by atoms with Gasteiger partial charge in [0.15, 0.2) is 0 Å². The van der Waals surface area contributed by atoms with Crippen molar-refractivity contribution in [1.29, 1.82) is 0 Å². The molecule has 1 unspecified atom stereocenters. The molecule has 0 saturated carbocycles. The molecule has 200 valence electrons. The molecule has 9 heteroatoms. The van der Waals surface area contributed by atoms with Crippen LogP contribution in [-0.4, -0.2) is 66.8 Å². The van der Waals surface area contributed by atoms with E-state index in [9.17, 15) is 9.59 Å². The van der Waals surface area contributed by atoms with Crippen LogP contribution < -0.4 is 0 Å². The normalized spacial score (nSPS) is 12.7. The third kappa shape index (κ3) is 16.6. The summed E-state index contributed by atoms with van der Waals surface area (Å²) in [5.41, 5.74) is 0.798. The number of hydrogen-bond acceptors (Lipinski definition) is 8. The highest BCUT2D eigenvalue weighted by Crippen LogP contribution is 2.22. The van der Waals surface area contributed by atoms with Gasteiger partial charge in [0.25, 0.3) is 0 Å². The minimum atomic E-state index is -2.49. The number of carbonyl (C=O) groups is 2. The van der Waals surface area contributed by atoms with E-state index in [0.29, 0.717) is 17.1 Å². The summed E-state index contributed by atoms with van der Waals surface area (Å²) in [5, 5.41) is 0. The largest absolute Gasteiger partial charge is 0.500 e. The first-order valence-corrected chi connectivity index (χ1v) is 15.0. The second kappa shape index (κ2) is 20.5. The minimum Gasteiger partial charge on any atom is -0.458 e. The maximum Gasteiger partial charge on any atom is 0.500 e. The molecule has 0 aliphatic heterocycles. The van der Waals surface area contributed by atoms with Crippen LogP contribution in [0.25, 0.3) is 0 Å². The summed E-state index contributed by atoms with van der Waals surface area (Å²) in [6, 6.07) is 0.805. The molecule has 0 aromatic carbocycles. The molecule has 0 aliphatic rings. The van der Waals surface area contributed by atoms with Crippen LogP contribution in [0, 0.1) is 5.92 Å². The lowest BCUT2D eigenvalue weighted by atomic mass is 9.96. The third-order valence-corrected chi connectivity index (χ3v) is 9.17. The van der Waals surface area contributed by atoms with Gasteiger partial charge in [-0.25, -0.2) is 9.59 Å². The molecule has 0 aromatic rings. The molecule has 1 atom stereocenters. The van der Waals surface area contributed by atoms with Crippen molar-refractivity contribution in [3.05, 3.63) is 48.6 Å². The van der Waals surface area contributed by atoms with E-state index >= 15 is 0 Å². The number of thioether (sulfide) groups is 1. The molecule has 0 aromatic heterocycles. The van der Waals surface area contributed by atoms with Gasteiger partial charge in [-0.1, -0.05) is 37.5 Å². The van der Waals surface area contributed by atoms with Crippen molar-refractivity contribution in [2.24, 2.45) is 5.92 Å². The summed E-state index contributed by atoms with van der Waals surface area (Å²) in [6.07, 6.45) is 12.8. The fourth-order valence-corrected chi connectivity index (χ4v) is 6.08. The van der Waals surface area contributed by atoms with E-state index in [1.54, 1.807) is 35.2 Å². The highest BCUT2D eigenvalue weighted by Gasteiger charge is 2.36. The van der Waals surface area contributed by atoms with Crippen LogP contribution in [0.2, 0.25) is 6.04 Å². The monoisotopic (exact) mass is 528 g/mol. The van der Waals surface area contributed by atoms with Gasteiger partial charge in [-0.05, 0) is 63.4 Å². The zero-order chi connectivity index (χ0) is 26.5. The molecule has 0 radical (unpaired) electrons. The van der Waals surface area contributed by atoms with Crippen molar-refractivity contribution in [3.63, 3.8) is 0 Å². The van der Waals surface area contributed by atoms with Gasteiger partial charge in [0.05, 0.1) is 0 Å². The van der Waals surface area contributed by atoms with Crippen LogP contribution in [-0.2, 0) is 32.3 Å². The van der Waals surface area contributed by atoms with Crippen molar-refractivity contribution in [2.45, 2.75) is 52.0 Å². The van der Waals surface area contributed by atoms with E-state index in [4.69, 9.17) is 22.8 Å². The highest BCUT2D eigenvalue weighted by atomic mass is 32.2. The van der Waals surface area contributed by atoms with Crippen LogP contribution in [0.4, 0.5) is 0 Å². The molecular formula is C26H44O7SSi. The number of esters is 2. The Morgan fingerprint density at radius 1 is 0.829 bits per heavy atom.